The van der Waals surface area contributed by atoms with E-state index in [0.29, 0.717) is 11.8 Å². The molecule has 0 atom stereocenters. The minimum atomic E-state index is -0.336. The predicted molar refractivity (Wildman–Crippen MR) is 97.4 cm³/mol. The first-order valence-electron chi connectivity index (χ1n) is 9.14. The Kier molecular flexibility index (Phi) is 3.68. The molecule has 0 amide bonds. The summed E-state index contributed by atoms with van der Waals surface area (Å²) in [5, 5.41) is 7.77. The summed E-state index contributed by atoms with van der Waals surface area (Å²) in [5.41, 5.74) is 1.03. The van der Waals surface area contributed by atoms with Crippen LogP contribution in [-0.4, -0.2) is 23.3 Å². The van der Waals surface area contributed by atoms with Crippen LogP contribution in [0.4, 0.5) is 5.69 Å². The van der Waals surface area contributed by atoms with Gasteiger partial charge in [-0.15, -0.1) is 0 Å². The maximum absolute atomic E-state index is 6.33. The Bertz CT molecular complexity index is 762. The molecule has 2 aromatic rings. The van der Waals surface area contributed by atoms with Crippen LogP contribution in [-0.2, 0) is 10.3 Å². The average molecular weight is 404 g/mol. The highest BCUT2D eigenvalue weighted by Crippen LogP contribution is 2.53. The highest BCUT2D eigenvalue weighted by atomic mass is 79.9. The number of aromatic nitrogens is 2. The van der Waals surface area contributed by atoms with Gasteiger partial charge in [0.1, 0.15) is 5.60 Å². The minimum absolute atomic E-state index is 0.212. The Morgan fingerprint density at radius 1 is 1.20 bits per heavy atom. The fraction of sp³-hybridized carbons (Fsp3) is 0.579. The van der Waals surface area contributed by atoms with Crippen molar-refractivity contribution in [2.75, 3.05) is 18.5 Å². The molecule has 1 aromatic carbocycles. The average Bonchev–Trinajstić information content (AvgIpc) is 3.38. The van der Waals surface area contributed by atoms with Crippen LogP contribution in [0.1, 0.15) is 56.2 Å². The number of fused-ring (bicyclic) bond motifs is 3. The number of anilines is 1. The van der Waals surface area contributed by atoms with E-state index in [0.717, 1.165) is 54.8 Å². The molecule has 4 aliphatic rings. The number of nitrogens with zero attached hydrogens (tertiary/aromatic N) is 2. The van der Waals surface area contributed by atoms with Crippen molar-refractivity contribution in [2.24, 2.45) is 5.41 Å². The summed E-state index contributed by atoms with van der Waals surface area (Å²) in [7, 11) is 0. The Balaban J connectivity index is 1.26. The van der Waals surface area contributed by atoms with Gasteiger partial charge in [-0.2, -0.15) is 4.98 Å². The number of ether oxygens (including phenoxy) is 1. The van der Waals surface area contributed by atoms with Crippen molar-refractivity contribution in [3.05, 3.63) is 40.5 Å². The second-order valence-corrected chi connectivity index (χ2v) is 8.79. The molecule has 0 unspecified atom stereocenters. The second-order valence-electron chi connectivity index (χ2n) is 7.88. The van der Waals surface area contributed by atoms with Crippen molar-refractivity contribution in [3.63, 3.8) is 0 Å². The zero-order valence-electron chi connectivity index (χ0n) is 14.1. The smallest absolute Gasteiger partial charge is 0.258 e. The number of rotatable bonds is 5. The first-order valence-corrected chi connectivity index (χ1v) is 9.93. The van der Waals surface area contributed by atoms with Crippen LogP contribution in [0.3, 0.4) is 0 Å². The lowest BCUT2D eigenvalue weighted by molar-refractivity contribution is -0.196. The molecule has 3 heterocycles. The van der Waals surface area contributed by atoms with Gasteiger partial charge in [0.15, 0.2) is 5.82 Å². The number of halogens is 1. The summed E-state index contributed by atoms with van der Waals surface area (Å²) in [6.07, 6.45) is 6.59. The van der Waals surface area contributed by atoms with Gasteiger partial charge in [-0.1, -0.05) is 27.2 Å². The lowest BCUT2D eigenvalue weighted by Gasteiger charge is -2.51. The molecule has 2 aliphatic carbocycles. The number of hydrogen-bond donors (Lipinski definition) is 1. The summed E-state index contributed by atoms with van der Waals surface area (Å²) in [6, 6.07) is 8.32. The summed E-state index contributed by atoms with van der Waals surface area (Å²) < 4.78 is 13.0. The SMILES string of the molecule is Brc1cccc(NCC23CCC(c4nc(C5CC5)no4)(CC2)OC3)c1. The van der Waals surface area contributed by atoms with E-state index < -0.39 is 0 Å². The largest absolute Gasteiger partial charge is 0.384 e. The zero-order valence-corrected chi connectivity index (χ0v) is 15.7. The molecule has 2 saturated heterocycles. The van der Waals surface area contributed by atoms with E-state index in [9.17, 15) is 0 Å². The molecule has 25 heavy (non-hydrogen) atoms. The van der Waals surface area contributed by atoms with E-state index >= 15 is 0 Å². The van der Waals surface area contributed by atoms with Crippen molar-refractivity contribution < 1.29 is 9.26 Å². The lowest BCUT2D eigenvalue weighted by atomic mass is 9.66. The third-order valence-electron chi connectivity index (χ3n) is 6.04. The van der Waals surface area contributed by atoms with E-state index in [1.165, 1.54) is 12.8 Å². The number of nitrogens with one attached hydrogen (secondary N) is 1. The number of benzene rings is 1. The third kappa shape index (κ3) is 2.89. The summed E-state index contributed by atoms with van der Waals surface area (Å²) in [6.45, 7) is 1.70. The molecule has 132 valence electrons. The van der Waals surface area contributed by atoms with Crippen LogP contribution in [0.5, 0.6) is 0 Å². The molecule has 2 aliphatic heterocycles. The van der Waals surface area contributed by atoms with E-state index in [-0.39, 0.29) is 11.0 Å². The molecular formula is C19H22BrN3O2. The van der Waals surface area contributed by atoms with Gasteiger partial charge in [0.25, 0.3) is 5.89 Å². The van der Waals surface area contributed by atoms with Crippen LogP contribution >= 0.6 is 15.9 Å². The van der Waals surface area contributed by atoms with Crippen molar-refractivity contribution >= 4 is 21.6 Å². The maximum Gasteiger partial charge on any atom is 0.258 e. The Morgan fingerprint density at radius 3 is 2.72 bits per heavy atom. The van der Waals surface area contributed by atoms with Gasteiger partial charge >= 0.3 is 0 Å². The Labute approximate surface area is 155 Å². The van der Waals surface area contributed by atoms with Crippen LogP contribution in [0.25, 0.3) is 0 Å². The monoisotopic (exact) mass is 403 g/mol. The van der Waals surface area contributed by atoms with Gasteiger partial charge in [0, 0.05) is 28.0 Å². The maximum atomic E-state index is 6.33. The molecule has 4 fully saturated rings. The number of hydrogen-bond acceptors (Lipinski definition) is 5. The van der Waals surface area contributed by atoms with Crippen LogP contribution < -0.4 is 5.32 Å². The van der Waals surface area contributed by atoms with Crippen LogP contribution in [0, 0.1) is 5.41 Å². The van der Waals surface area contributed by atoms with Crippen LogP contribution in [0.2, 0.25) is 0 Å². The van der Waals surface area contributed by atoms with Crippen molar-refractivity contribution in [2.45, 2.75) is 50.0 Å². The molecule has 6 heteroatoms. The third-order valence-corrected chi connectivity index (χ3v) is 6.53. The predicted octanol–water partition coefficient (Wildman–Crippen LogP) is 4.61. The molecule has 0 radical (unpaired) electrons. The quantitative estimate of drug-likeness (QED) is 0.789. The molecule has 0 spiro atoms. The van der Waals surface area contributed by atoms with E-state index in [1.54, 1.807) is 0 Å². The van der Waals surface area contributed by atoms with Gasteiger partial charge < -0.3 is 14.6 Å². The summed E-state index contributed by atoms with van der Waals surface area (Å²) in [5.74, 6) is 2.11. The van der Waals surface area contributed by atoms with Crippen LogP contribution in [0.15, 0.2) is 33.3 Å². The van der Waals surface area contributed by atoms with Gasteiger partial charge in [-0.25, -0.2) is 0 Å². The zero-order chi connectivity index (χ0) is 16.9. The lowest BCUT2D eigenvalue weighted by Crippen LogP contribution is -2.52. The molecule has 6 rings (SSSR count). The summed E-state index contributed by atoms with van der Waals surface area (Å²) >= 11 is 3.53. The standard InChI is InChI=1S/C19H22BrN3O2/c20-14-2-1-3-15(10-14)21-11-18-6-8-19(9-7-18,24-12-18)17-22-16(23-25-17)13-4-5-13/h1-3,10,13,21H,4-9,11-12H2. The molecule has 2 bridgehead atoms. The minimum Gasteiger partial charge on any atom is -0.384 e. The van der Waals surface area contributed by atoms with E-state index in [4.69, 9.17) is 9.26 Å². The molecule has 1 N–H and O–H groups in total. The van der Waals surface area contributed by atoms with Gasteiger partial charge in [0.2, 0.25) is 0 Å². The Hall–Kier alpha value is -1.40. The first-order chi connectivity index (χ1) is 12.2. The normalized spacial score (nSPS) is 31.2. The highest BCUT2D eigenvalue weighted by Gasteiger charge is 2.53. The fourth-order valence-corrected chi connectivity index (χ4v) is 4.48. The molecule has 1 aromatic heterocycles. The fourth-order valence-electron chi connectivity index (χ4n) is 4.08. The molecule has 5 nitrogen and oxygen atoms in total. The summed E-state index contributed by atoms with van der Waals surface area (Å²) in [4.78, 5) is 4.67. The van der Waals surface area contributed by atoms with Gasteiger partial charge in [-0.3, -0.25) is 0 Å². The highest BCUT2D eigenvalue weighted by molar-refractivity contribution is 9.10. The molecular weight excluding hydrogens is 382 g/mol. The van der Waals surface area contributed by atoms with E-state index in [1.807, 2.05) is 6.07 Å². The van der Waals surface area contributed by atoms with Gasteiger partial charge in [-0.05, 0) is 56.7 Å². The first kappa shape index (κ1) is 15.8. The van der Waals surface area contributed by atoms with Gasteiger partial charge in [0.05, 0.1) is 6.61 Å². The van der Waals surface area contributed by atoms with E-state index in [2.05, 4.69) is 49.6 Å². The van der Waals surface area contributed by atoms with Crippen molar-refractivity contribution in [1.29, 1.82) is 0 Å². The molecule has 2 saturated carbocycles. The van der Waals surface area contributed by atoms with Crippen molar-refractivity contribution in [3.8, 4) is 0 Å². The second kappa shape index (κ2) is 5.81. The topological polar surface area (TPSA) is 60.2 Å². The van der Waals surface area contributed by atoms with Crippen molar-refractivity contribution in [1.82, 2.24) is 10.1 Å². The Morgan fingerprint density at radius 2 is 2.04 bits per heavy atom.